The molecular formula is H11Cl5N2Os. The maximum absolute atomic E-state index is 0. The van der Waals surface area contributed by atoms with Crippen LogP contribution in [0, 0.1) is 0 Å². The summed E-state index contributed by atoms with van der Waals surface area (Å²) in [5, 5.41) is 0. The topological polar surface area (TPSA) is 70.0 Å². The fraction of sp³-hybridized carbons (Fsp3) is 0. The Hall–Kier alpha value is 2.01. The van der Waals surface area contributed by atoms with Crippen molar-refractivity contribution in [3.8, 4) is 0 Å². The maximum atomic E-state index is 0. The minimum Gasteiger partial charge on any atom is -0.344 e. The summed E-state index contributed by atoms with van der Waals surface area (Å²) in [4.78, 5) is 0. The molecule has 64 valence electrons. The van der Waals surface area contributed by atoms with E-state index in [1.807, 2.05) is 0 Å². The van der Waals surface area contributed by atoms with Crippen molar-refractivity contribution in [1.29, 1.82) is 0 Å². The van der Waals surface area contributed by atoms with Crippen LogP contribution in [0.1, 0.15) is 0 Å². The Labute approximate surface area is 93.6 Å². The van der Waals surface area contributed by atoms with Crippen LogP contribution in [0.2, 0.25) is 0 Å². The van der Waals surface area contributed by atoms with Gasteiger partial charge in [-0.15, -0.1) is 62.0 Å². The predicted molar refractivity (Wildman–Crippen MR) is 46.3 cm³/mol. The number of rotatable bonds is 0. The van der Waals surface area contributed by atoms with E-state index in [9.17, 15) is 0 Å². The number of hydrogen-bond acceptors (Lipinski definition) is 2. The third-order valence-electron chi connectivity index (χ3n) is 0. The third-order valence-corrected chi connectivity index (χ3v) is 0. The van der Waals surface area contributed by atoms with Crippen LogP contribution in [0.3, 0.4) is 0 Å². The molecule has 0 heterocycles. The summed E-state index contributed by atoms with van der Waals surface area (Å²) >= 11 is 0. The first kappa shape index (κ1) is 202. The molecule has 0 amide bonds. The zero-order valence-corrected chi connectivity index (χ0v) is 10.4. The molecule has 6 N–H and O–H groups in total. The first-order chi connectivity index (χ1) is 0. The van der Waals surface area contributed by atoms with Crippen molar-refractivity contribution in [1.82, 2.24) is 12.3 Å². The van der Waals surface area contributed by atoms with Crippen LogP contribution in [0.15, 0.2) is 0 Å². The molecule has 0 aliphatic heterocycles. The van der Waals surface area contributed by atoms with Crippen LogP contribution in [-0.4, -0.2) is 0 Å². The van der Waals surface area contributed by atoms with E-state index in [1.165, 1.54) is 0 Å². The Balaban J connectivity index is 0. The van der Waals surface area contributed by atoms with Crippen molar-refractivity contribution < 1.29 is 19.8 Å². The van der Waals surface area contributed by atoms with Crippen molar-refractivity contribution in [3.05, 3.63) is 0 Å². The number of halogens is 5. The summed E-state index contributed by atoms with van der Waals surface area (Å²) in [5.41, 5.74) is 0. The molecule has 0 atom stereocenters. The molecule has 8 heteroatoms. The second kappa shape index (κ2) is 143. The van der Waals surface area contributed by atoms with Gasteiger partial charge < -0.3 is 12.3 Å². The Kier molecular flexibility index (Phi) is 3610. The Bertz CT molecular complexity index is 10.4. The fourth-order valence-electron chi connectivity index (χ4n) is 0. The van der Waals surface area contributed by atoms with Gasteiger partial charge in [-0.05, 0) is 0 Å². The standard InChI is InChI=1S/5ClH.2H3N.Os/h5*1H;2*1H3;. The van der Waals surface area contributed by atoms with Crippen molar-refractivity contribution in [2.75, 3.05) is 0 Å². The van der Waals surface area contributed by atoms with Gasteiger partial charge in [0.05, 0.1) is 0 Å². The normalized spacial score (nSPS) is 0. The van der Waals surface area contributed by atoms with Gasteiger partial charge in [-0.1, -0.05) is 0 Å². The van der Waals surface area contributed by atoms with E-state index in [1.54, 1.807) is 0 Å². The molecule has 0 aromatic rings. The van der Waals surface area contributed by atoms with Crippen LogP contribution < -0.4 is 12.3 Å². The van der Waals surface area contributed by atoms with Crippen LogP contribution in [-0.2, 0) is 19.8 Å². The van der Waals surface area contributed by atoms with Gasteiger partial charge in [0, 0.05) is 19.8 Å². The van der Waals surface area contributed by atoms with Gasteiger partial charge in [0.1, 0.15) is 0 Å². The van der Waals surface area contributed by atoms with Crippen molar-refractivity contribution in [2.24, 2.45) is 0 Å². The minimum atomic E-state index is 0. The molecule has 0 unspecified atom stereocenters. The second-order valence-corrected chi connectivity index (χ2v) is 0. The molecule has 0 fully saturated rings. The fourth-order valence-corrected chi connectivity index (χ4v) is 0. The molecule has 2 nitrogen and oxygen atoms in total. The summed E-state index contributed by atoms with van der Waals surface area (Å²) in [5.74, 6) is 0. The predicted octanol–water partition coefficient (Wildman–Crippen LogP) is 2.43. The second-order valence-electron chi connectivity index (χ2n) is 0. The van der Waals surface area contributed by atoms with Gasteiger partial charge >= 0.3 is 0 Å². The monoisotopic (exact) mass is 406 g/mol. The molecular weight excluding hydrogens is 396 g/mol. The summed E-state index contributed by atoms with van der Waals surface area (Å²) in [6, 6.07) is 0. The Morgan fingerprint density at radius 2 is 0.375 bits per heavy atom. The van der Waals surface area contributed by atoms with Gasteiger partial charge in [-0.2, -0.15) is 0 Å². The smallest absolute Gasteiger partial charge is 0 e. The van der Waals surface area contributed by atoms with Gasteiger partial charge in [0.15, 0.2) is 0 Å². The molecule has 8 heavy (non-hydrogen) atoms. The molecule has 0 spiro atoms. The molecule has 0 saturated heterocycles. The Morgan fingerprint density at radius 3 is 0.375 bits per heavy atom. The SMILES string of the molecule is Cl.Cl.Cl.Cl.Cl.N.N.[Os]. The van der Waals surface area contributed by atoms with E-state index in [2.05, 4.69) is 0 Å². The van der Waals surface area contributed by atoms with Crippen molar-refractivity contribution in [3.63, 3.8) is 0 Å². The average Bonchev–Trinajstić information content (AvgIpc) is 0. The maximum Gasteiger partial charge on any atom is 0 e. The van der Waals surface area contributed by atoms with Crippen molar-refractivity contribution >= 4 is 62.0 Å². The average molecular weight is 407 g/mol. The molecule has 0 rings (SSSR count). The molecule has 0 bridgehead atoms. The summed E-state index contributed by atoms with van der Waals surface area (Å²) in [6.07, 6.45) is 0. The first-order valence-corrected chi connectivity index (χ1v) is 0. The molecule has 0 aliphatic rings. The van der Waals surface area contributed by atoms with Gasteiger partial charge in [0.2, 0.25) is 0 Å². The van der Waals surface area contributed by atoms with E-state index in [-0.39, 0.29) is 94.1 Å². The van der Waals surface area contributed by atoms with E-state index < -0.39 is 0 Å². The van der Waals surface area contributed by atoms with E-state index >= 15 is 0 Å². The third kappa shape index (κ3) is 97.6. The molecule has 0 aromatic carbocycles. The van der Waals surface area contributed by atoms with Crippen molar-refractivity contribution in [2.45, 2.75) is 0 Å². The summed E-state index contributed by atoms with van der Waals surface area (Å²) in [7, 11) is 0. The molecule has 0 radical (unpaired) electrons. The van der Waals surface area contributed by atoms with Gasteiger partial charge in [0.25, 0.3) is 0 Å². The zero-order valence-electron chi connectivity index (χ0n) is 3.81. The zero-order chi connectivity index (χ0) is 0. The molecule has 0 saturated carbocycles. The van der Waals surface area contributed by atoms with Crippen LogP contribution >= 0.6 is 62.0 Å². The largest absolute Gasteiger partial charge is 0.344 e. The summed E-state index contributed by atoms with van der Waals surface area (Å²) in [6.45, 7) is 0. The van der Waals surface area contributed by atoms with E-state index in [0.717, 1.165) is 0 Å². The number of hydrogen-bond donors (Lipinski definition) is 2. The summed E-state index contributed by atoms with van der Waals surface area (Å²) < 4.78 is 0. The van der Waals surface area contributed by atoms with Crippen LogP contribution in [0.5, 0.6) is 0 Å². The Morgan fingerprint density at radius 1 is 0.375 bits per heavy atom. The van der Waals surface area contributed by atoms with Crippen LogP contribution in [0.25, 0.3) is 0 Å². The van der Waals surface area contributed by atoms with Crippen LogP contribution in [0.4, 0.5) is 0 Å². The van der Waals surface area contributed by atoms with E-state index in [4.69, 9.17) is 0 Å². The first-order valence-electron chi connectivity index (χ1n) is 0. The minimum absolute atomic E-state index is 0. The van der Waals surface area contributed by atoms with Gasteiger partial charge in [-0.3, -0.25) is 0 Å². The molecule has 0 aliphatic carbocycles. The quantitative estimate of drug-likeness (QED) is 0.649. The van der Waals surface area contributed by atoms with Gasteiger partial charge in [-0.25, -0.2) is 0 Å². The molecule has 0 aromatic heterocycles. The van der Waals surface area contributed by atoms with E-state index in [0.29, 0.717) is 0 Å².